The summed E-state index contributed by atoms with van der Waals surface area (Å²) >= 11 is 0. The van der Waals surface area contributed by atoms with Gasteiger partial charge >= 0.3 is 65.1 Å². The van der Waals surface area contributed by atoms with E-state index in [0.29, 0.717) is 0 Å². The molecule has 0 aromatic carbocycles. The lowest BCUT2D eigenvalue weighted by Gasteiger charge is -2.43. The van der Waals surface area contributed by atoms with E-state index in [9.17, 15) is 105 Å². The van der Waals surface area contributed by atoms with Crippen LogP contribution >= 0.6 is 0 Å². The van der Waals surface area contributed by atoms with Gasteiger partial charge in [-0.3, -0.25) is 0 Å². The summed E-state index contributed by atoms with van der Waals surface area (Å²) in [5.74, 6) is -63.7. The van der Waals surface area contributed by atoms with E-state index in [1.165, 1.54) is 0 Å². The second kappa shape index (κ2) is 10.4. The van der Waals surface area contributed by atoms with Crippen LogP contribution in [0.4, 0.5) is 92.2 Å². The maximum Gasteiger partial charge on any atom is 0.478 e. The molecule has 0 saturated heterocycles. The molecule has 0 aliphatic rings. The van der Waals surface area contributed by atoms with Crippen molar-refractivity contribution in [3.63, 3.8) is 0 Å². The molecule has 0 heterocycles. The largest absolute Gasteiger partial charge is 0.478 e. The van der Waals surface area contributed by atoms with Gasteiger partial charge in [0, 0.05) is 12.6 Å². The van der Waals surface area contributed by atoms with E-state index in [1.807, 2.05) is 0 Å². The quantitative estimate of drug-likeness (QED) is 0.0767. The van der Waals surface area contributed by atoms with Crippen LogP contribution in [0.5, 0.6) is 0 Å². The maximum atomic E-state index is 14.5. The van der Waals surface area contributed by atoms with Crippen LogP contribution in [0.2, 0.25) is 0 Å². The molecule has 0 spiro atoms. The van der Waals surface area contributed by atoms with E-state index < -0.39 is 92.0 Å². The smallest absolute Gasteiger partial charge is 0.403 e. The number of carbonyl (C=O) groups is 1. The van der Waals surface area contributed by atoms with E-state index >= 15 is 0 Å². The first-order valence-electron chi connectivity index (χ1n) is 9.24. The van der Waals surface area contributed by atoms with Gasteiger partial charge in [-0.1, -0.05) is 13.5 Å². The highest BCUT2D eigenvalue weighted by Crippen LogP contribution is 2.64. The zero-order chi connectivity index (χ0) is 34.8. The maximum absolute atomic E-state index is 14.5. The number of sulfonamides is 1. The number of halogens is 21. The normalized spacial score (nSPS) is 17.2. The van der Waals surface area contributed by atoms with Gasteiger partial charge in [-0.15, -0.1) is 4.31 Å². The molecule has 0 fully saturated rings. The molecule has 0 amide bonds. The molecule has 1 unspecified atom stereocenters. The Morgan fingerprint density at radius 1 is 0.619 bits per heavy atom. The molecule has 0 aromatic rings. The zero-order valence-corrected chi connectivity index (χ0v) is 19.7. The topological polar surface area (TPSA) is 63.7 Å². The molecule has 5 nitrogen and oxygen atoms in total. The average Bonchev–Trinajstić information content (AvgIpc) is 2.76. The molecule has 0 aromatic heterocycles. The molecule has 0 aliphatic heterocycles. The van der Waals surface area contributed by atoms with Crippen molar-refractivity contribution in [1.82, 2.24) is 4.31 Å². The van der Waals surface area contributed by atoms with Gasteiger partial charge in [-0.05, 0) is 0 Å². The van der Waals surface area contributed by atoms with Crippen molar-refractivity contribution in [3.05, 3.63) is 12.7 Å². The predicted molar refractivity (Wildman–Crippen MR) is 88.2 cm³/mol. The molecule has 0 aliphatic carbocycles. The van der Waals surface area contributed by atoms with Gasteiger partial charge in [0.25, 0.3) is 10.0 Å². The lowest BCUT2D eigenvalue weighted by atomic mass is 9.91. The Morgan fingerprint density at radius 2 is 0.929 bits per heavy atom. The van der Waals surface area contributed by atoms with Gasteiger partial charge in [-0.2, -0.15) is 92.2 Å². The lowest BCUT2D eigenvalue weighted by molar-refractivity contribution is -0.458. The van der Waals surface area contributed by atoms with Crippen LogP contribution in [0.15, 0.2) is 12.7 Å². The third-order valence-corrected chi connectivity index (χ3v) is 6.65. The molecule has 1 atom stereocenters. The van der Waals surface area contributed by atoms with Crippen LogP contribution < -0.4 is 0 Å². The van der Waals surface area contributed by atoms with Crippen LogP contribution in [0, 0.1) is 0 Å². The van der Waals surface area contributed by atoms with Crippen LogP contribution in [-0.4, -0.2) is 84.4 Å². The van der Waals surface area contributed by atoms with Crippen molar-refractivity contribution in [1.29, 1.82) is 0 Å². The summed E-state index contributed by atoms with van der Waals surface area (Å²) in [5.41, 5.74) is 0. The molecule has 42 heavy (non-hydrogen) atoms. The summed E-state index contributed by atoms with van der Waals surface area (Å²) in [6.07, 6.45) is -15.8. The number of ether oxygens (including phenoxy) is 1. The Morgan fingerprint density at radius 3 is 1.19 bits per heavy atom. The Bertz CT molecular complexity index is 1140. The zero-order valence-electron chi connectivity index (χ0n) is 18.9. The standard InChI is InChI=1S/C15H8F21NO4S/c1-3-5(38)41-15(36,13(31,32)33)37(4-2)42(39,40)14(34,35)11(26,27)9(22,23)7(18,19)6(16,17)8(20,21)10(24,25)12(28,29)30/h3H,1,4H2,2H3. The first-order chi connectivity index (χ1) is 17.9. The first kappa shape index (κ1) is 39.6. The monoisotopic (exact) mass is 697 g/mol. The van der Waals surface area contributed by atoms with Gasteiger partial charge in [0.2, 0.25) is 0 Å². The summed E-state index contributed by atoms with van der Waals surface area (Å²) in [7, 11) is -8.81. The van der Waals surface area contributed by atoms with E-state index in [2.05, 4.69) is 11.3 Å². The highest BCUT2D eigenvalue weighted by molar-refractivity contribution is 7.90. The SMILES string of the molecule is C=CC(=O)OC(F)(N(CC)S(=O)(=O)C(F)(F)C(F)(F)C(F)(F)C(F)(F)C(F)(F)C(F)(F)C(F)(F)C(F)(F)F)C(F)(F)F. The van der Waals surface area contributed by atoms with Gasteiger partial charge < -0.3 is 4.74 Å². The van der Waals surface area contributed by atoms with E-state index in [1.54, 1.807) is 0 Å². The fourth-order valence-corrected chi connectivity index (χ4v) is 3.92. The Kier molecular flexibility index (Phi) is 9.80. The lowest BCUT2D eigenvalue weighted by Crippen LogP contribution is -2.76. The second-order valence-electron chi connectivity index (χ2n) is 7.31. The summed E-state index contributed by atoms with van der Waals surface area (Å²) in [6.45, 7) is -0.620. The van der Waals surface area contributed by atoms with Crippen LogP contribution in [0.25, 0.3) is 0 Å². The van der Waals surface area contributed by atoms with Crippen molar-refractivity contribution < 1.29 is 110 Å². The number of nitrogens with zero attached hydrogens (tertiary/aromatic N) is 1. The van der Waals surface area contributed by atoms with E-state index in [0.717, 1.165) is 0 Å². The van der Waals surface area contributed by atoms with E-state index in [-0.39, 0.29) is 6.92 Å². The number of hydrogen-bond acceptors (Lipinski definition) is 4. The van der Waals surface area contributed by atoms with Crippen molar-refractivity contribution in [2.45, 2.75) is 66.0 Å². The summed E-state index contributed by atoms with van der Waals surface area (Å²) in [6, 6.07) is 0. The minimum atomic E-state index is -9.27. The minimum absolute atomic E-state index is 0.256. The van der Waals surface area contributed by atoms with Crippen molar-refractivity contribution in [3.8, 4) is 0 Å². The first-order valence-corrected chi connectivity index (χ1v) is 10.7. The Labute approximate surface area is 216 Å². The summed E-state index contributed by atoms with van der Waals surface area (Å²) in [4.78, 5) is 11.0. The average molecular weight is 697 g/mol. The molecule has 0 radical (unpaired) electrons. The molecule has 0 saturated carbocycles. The Hall–Kier alpha value is -2.35. The highest BCUT2D eigenvalue weighted by atomic mass is 32.2. The fraction of sp³-hybridized carbons (Fsp3) is 0.800. The van der Waals surface area contributed by atoms with Gasteiger partial charge in [0.05, 0.1) is 0 Å². The van der Waals surface area contributed by atoms with Crippen molar-refractivity contribution in [2.75, 3.05) is 6.54 Å². The van der Waals surface area contributed by atoms with Crippen LogP contribution in [0.1, 0.15) is 6.92 Å². The van der Waals surface area contributed by atoms with Gasteiger partial charge in [0.15, 0.2) is 0 Å². The van der Waals surface area contributed by atoms with E-state index in [4.69, 9.17) is 0 Å². The Balaban J connectivity index is 7.49. The number of rotatable bonds is 12. The van der Waals surface area contributed by atoms with Gasteiger partial charge in [-0.25, -0.2) is 13.2 Å². The number of hydrogen-bond donors (Lipinski definition) is 0. The van der Waals surface area contributed by atoms with Crippen LogP contribution in [-0.2, 0) is 19.6 Å². The van der Waals surface area contributed by atoms with Crippen molar-refractivity contribution in [2.24, 2.45) is 0 Å². The molecule has 0 N–H and O–H groups in total. The summed E-state index contributed by atoms with van der Waals surface area (Å²) < 4.78 is 305. The number of alkyl halides is 21. The molecular weight excluding hydrogens is 689 g/mol. The molecule has 27 heteroatoms. The second-order valence-corrected chi connectivity index (χ2v) is 9.22. The van der Waals surface area contributed by atoms with Crippen molar-refractivity contribution >= 4 is 16.0 Å². The van der Waals surface area contributed by atoms with Gasteiger partial charge in [0.1, 0.15) is 0 Å². The predicted octanol–water partition coefficient (Wildman–Crippen LogP) is 6.52. The molecular formula is C15H8F21NO4S. The third kappa shape index (κ3) is 5.09. The molecule has 0 bridgehead atoms. The molecule has 250 valence electrons. The minimum Gasteiger partial charge on any atom is -0.403 e. The number of esters is 1. The number of carbonyl (C=O) groups excluding carboxylic acids is 1. The highest BCUT2D eigenvalue weighted by Gasteiger charge is 2.96. The molecule has 0 rings (SSSR count). The third-order valence-electron chi connectivity index (χ3n) is 4.67. The fourth-order valence-electron chi connectivity index (χ4n) is 2.40. The van der Waals surface area contributed by atoms with Crippen LogP contribution in [0.3, 0.4) is 0 Å². The summed E-state index contributed by atoms with van der Waals surface area (Å²) in [5, 5.41) is -8.54.